The molecule has 2 fully saturated rings. The van der Waals surface area contributed by atoms with Gasteiger partial charge >= 0.3 is 0 Å². The highest BCUT2D eigenvalue weighted by atomic mass is 32.2. The molecule has 7 nitrogen and oxygen atoms in total. The fourth-order valence-corrected chi connectivity index (χ4v) is 5.07. The molecule has 2 aliphatic rings. The van der Waals surface area contributed by atoms with E-state index >= 15 is 0 Å². The predicted octanol–water partition coefficient (Wildman–Crippen LogP) is -0.0518. The van der Waals surface area contributed by atoms with Crippen molar-refractivity contribution >= 4 is 10.0 Å². The van der Waals surface area contributed by atoms with Crippen molar-refractivity contribution < 1.29 is 13.5 Å². The Labute approximate surface area is 131 Å². The van der Waals surface area contributed by atoms with Gasteiger partial charge in [0.15, 0.2) is 0 Å². The molecule has 3 rings (SSSR count). The Bertz CT molecular complexity index is 637. The molecule has 0 saturated carbocycles. The van der Waals surface area contributed by atoms with Gasteiger partial charge in [-0.2, -0.15) is 9.40 Å². The molecule has 0 bridgehead atoms. The van der Waals surface area contributed by atoms with Crippen molar-refractivity contribution in [1.82, 2.24) is 19.0 Å². The smallest absolute Gasteiger partial charge is 0.246 e. The number of aromatic nitrogens is 2. The van der Waals surface area contributed by atoms with Crippen molar-refractivity contribution in [3.63, 3.8) is 0 Å². The standard InChI is InChI=1S/C14H24N4O3S/c1-11-14(8-15-16(11)2)22(20,21)18-9-12(13(19)10-18)17-6-4-3-5-7-17/h8,12-13,19H,3-7,9-10H2,1-2H3/t12-,13-/m0/s1. The Kier molecular flexibility index (Phi) is 4.28. The third-order valence-electron chi connectivity index (χ3n) is 4.89. The van der Waals surface area contributed by atoms with Gasteiger partial charge in [-0.15, -0.1) is 0 Å². The molecule has 0 amide bonds. The second-order valence-corrected chi connectivity index (χ2v) is 8.18. The molecule has 0 spiro atoms. The van der Waals surface area contributed by atoms with Crippen LogP contribution < -0.4 is 0 Å². The average Bonchev–Trinajstić information content (AvgIpc) is 3.05. The van der Waals surface area contributed by atoms with Gasteiger partial charge in [0.05, 0.1) is 24.0 Å². The molecule has 0 radical (unpaired) electrons. The third kappa shape index (κ3) is 2.68. The maximum Gasteiger partial charge on any atom is 0.246 e. The fourth-order valence-electron chi connectivity index (χ4n) is 3.41. The molecule has 8 heteroatoms. The number of nitrogens with zero attached hydrogens (tertiary/aromatic N) is 4. The topological polar surface area (TPSA) is 78.7 Å². The zero-order valence-electron chi connectivity index (χ0n) is 13.1. The van der Waals surface area contributed by atoms with E-state index in [9.17, 15) is 13.5 Å². The van der Waals surface area contributed by atoms with Crippen LogP contribution in [-0.4, -0.2) is 70.8 Å². The number of hydrogen-bond donors (Lipinski definition) is 1. The van der Waals surface area contributed by atoms with E-state index in [-0.39, 0.29) is 17.5 Å². The lowest BCUT2D eigenvalue weighted by Crippen LogP contribution is -2.46. The van der Waals surface area contributed by atoms with Gasteiger partial charge in [-0.05, 0) is 32.9 Å². The van der Waals surface area contributed by atoms with Crippen LogP contribution in [0.2, 0.25) is 0 Å². The van der Waals surface area contributed by atoms with Crippen molar-refractivity contribution in [2.24, 2.45) is 7.05 Å². The van der Waals surface area contributed by atoms with Crippen molar-refractivity contribution in [2.45, 2.75) is 43.2 Å². The van der Waals surface area contributed by atoms with Gasteiger partial charge in [0.1, 0.15) is 4.90 Å². The highest BCUT2D eigenvalue weighted by Gasteiger charge is 2.42. The minimum atomic E-state index is -3.59. The van der Waals surface area contributed by atoms with E-state index in [0.29, 0.717) is 12.2 Å². The Morgan fingerprint density at radius 2 is 1.91 bits per heavy atom. The number of piperidine rings is 1. The number of aryl methyl sites for hydroxylation is 1. The zero-order chi connectivity index (χ0) is 15.9. The van der Waals surface area contributed by atoms with Crippen LogP contribution in [0.3, 0.4) is 0 Å². The minimum Gasteiger partial charge on any atom is -0.390 e. The quantitative estimate of drug-likeness (QED) is 0.841. The summed E-state index contributed by atoms with van der Waals surface area (Å²) >= 11 is 0. The van der Waals surface area contributed by atoms with Gasteiger partial charge in [0.2, 0.25) is 10.0 Å². The first kappa shape index (κ1) is 15.9. The molecule has 1 aromatic heterocycles. The predicted molar refractivity (Wildman–Crippen MR) is 81.9 cm³/mol. The second kappa shape index (κ2) is 5.92. The van der Waals surface area contributed by atoms with Crippen molar-refractivity contribution in [3.8, 4) is 0 Å². The summed E-state index contributed by atoms with van der Waals surface area (Å²) in [4.78, 5) is 2.47. The van der Waals surface area contributed by atoms with Gasteiger partial charge in [0, 0.05) is 20.1 Å². The molecule has 0 aliphatic carbocycles. The van der Waals surface area contributed by atoms with Gasteiger partial charge in [-0.3, -0.25) is 9.58 Å². The highest BCUT2D eigenvalue weighted by Crippen LogP contribution is 2.27. The van der Waals surface area contributed by atoms with Crippen molar-refractivity contribution in [1.29, 1.82) is 0 Å². The number of likely N-dealkylation sites (tertiary alicyclic amines) is 1. The second-order valence-electron chi connectivity index (χ2n) is 6.27. The van der Waals surface area contributed by atoms with Crippen LogP contribution in [0, 0.1) is 6.92 Å². The van der Waals surface area contributed by atoms with Crippen molar-refractivity contribution in [3.05, 3.63) is 11.9 Å². The van der Waals surface area contributed by atoms with Crippen LogP contribution in [0.1, 0.15) is 25.0 Å². The molecular weight excluding hydrogens is 304 g/mol. The van der Waals surface area contributed by atoms with E-state index in [1.807, 2.05) is 0 Å². The van der Waals surface area contributed by atoms with E-state index in [1.54, 1.807) is 18.7 Å². The minimum absolute atomic E-state index is 0.0907. The summed E-state index contributed by atoms with van der Waals surface area (Å²) in [7, 11) is -1.86. The summed E-state index contributed by atoms with van der Waals surface area (Å²) < 4.78 is 28.5. The molecule has 2 aliphatic heterocycles. The number of aliphatic hydroxyl groups is 1. The molecule has 2 atom stereocenters. The monoisotopic (exact) mass is 328 g/mol. The first-order chi connectivity index (χ1) is 10.4. The summed E-state index contributed by atoms with van der Waals surface area (Å²) in [5, 5.41) is 14.3. The molecule has 0 aromatic carbocycles. The fraction of sp³-hybridized carbons (Fsp3) is 0.786. The Hall–Kier alpha value is -0.960. The number of aliphatic hydroxyl groups excluding tert-OH is 1. The van der Waals surface area contributed by atoms with Crippen LogP contribution in [0.4, 0.5) is 0 Å². The largest absolute Gasteiger partial charge is 0.390 e. The van der Waals surface area contributed by atoms with E-state index in [2.05, 4.69) is 10.00 Å². The first-order valence-corrected chi connectivity index (χ1v) is 9.26. The summed E-state index contributed by atoms with van der Waals surface area (Å²) in [5.74, 6) is 0. The zero-order valence-corrected chi connectivity index (χ0v) is 14.0. The molecule has 1 N–H and O–H groups in total. The molecule has 2 saturated heterocycles. The first-order valence-electron chi connectivity index (χ1n) is 7.82. The Morgan fingerprint density at radius 3 is 2.50 bits per heavy atom. The lowest BCUT2D eigenvalue weighted by molar-refractivity contribution is 0.0706. The van der Waals surface area contributed by atoms with Gasteiger partial charge in [-0.1, -0.05) is 6.42 Å². The van der Waals surface area contributed by atoms with Crippen LogP contribution in [-0.2, 0) is 17.1 Å². The van der Waals surface area contributed by atoms with Crippen LogP contribution in [0.25, 0.3) is 0 Å². The van der Waals surface area contributed by atoms with E-state index in [1.165, 1.54) is 16.9 Å². The third-order valence-corrected chi connectivity index (χ3v) is 6.83. The molecule has 22 heavy (non-hydrogen) atoms. The number of sulfonamides is 1. The summed E-state index contributed by atoms with van der Waals surface area (Å²) in [6, 6.07) is -0.0907. The summed E-state index contributed by atoms with van der Waals surface area (Å²) in [6.45, 7) is 4.16. The Morgan fingerprint density at radius 1 is 1.23 bits per heavy atom. The molecule has 124 valence electrons. The summed E-state index contributed by atoms with van der Waals surface area (Å²) in [6.07, 6.45) is 4.24. The Balaban J connectivity index is 1.80. The summed E-state index contributed by atoms with van der Waals surface area (Å²) in [5.41, 5.74) is 0.621. The maximum absolute atomic E-state index is 12.8. The molecule has 1 aromatic rings. The van der Waals surface area contributed by atoms with E-state index < -0.39 is 16.1 Å². The number of β-amino-alcohol motifs (C(OH)–C–C–N with tert-alkyl or cyclic N) is 1. The molecule has 3 heterocycles. The van der Waals surface area contributed by atoms with Crippen LogP contribution in [0.15, 0.2) is 11.1 Å². The van der Waals surface area contributed by atoms with Crippen LogP contribution in [0.5, 0.6) is 0 Å². The van der Waals surface area contributed by atoms with Gasteiger partial charge < -0.3 is 5.11 Å². The lowest BCUT2D eigenvalue weighted by atomic mass is 10.1. The van der Waals surface area contributed by atoms with Crippen molar-refractivity contribution in [2.75, 3.05) is 26.2 Å². The average molecular weight is 328 g/mol. The maximum atomic E-state index is 12.8. The van der Waals surface area contributed by atoms with Gasteiger partial charge in [0.25, 0.3) is 0 Å². The van der Waals surface area contributed by atoms with Crippen LogP contribution >= 0.6 is 0 Å². The SMILES string of the molecule is Cc1c(S(=O)(=O)N2C[C@H](O)[C@@H](N3CCCCC3)C2)cnn1C. The van der Waals surface area contributed by atoms with E-state index in [4.69, 9.17) is 0 Å². The lowest BCUT2D eigenvalue weighted by Gasteiger charge is -2.33. The molecule has 0 unspecified atom stereocenters. The van der Waals surface area contributed by atoms with E-state index in [0.717, 1.165) is 25.9 Å². The normalized spacial score (nSPS) is 28.3. The number of rotatable bonds is 3. The number of hydrogen-bond acceptors (Lipinski definition) is 5. The van der Waals surface area contributed by atoms with Gasteiger partial charge in [-0.25, -0.2) is 8.42 Å². The highest BCUT2D eigenvalue weighted by molar-refractivity contribution is 7.89. The molecular formula is C14H24N4O3S.